The van der Waals surface area contributed by atoms with Crippen LogP contribution in [0.1, 0.15) is 12.1 Å². The molecule has 0 spiro atoms. The summed E-state index contributed by atoms with van der Waals surface area (Å²) >= 11 is 1.62. The molecule has 118 valence electrons. The van der Waals surface area contributed by atoms with Crippen molar-refractivity contribution in [2.75, 3.05) is 20.2 Å². The number of amides is 1. The molecule has 2 aromatic rings. The molecule has 1 aromatic heterocycles. The van der Waals surface area contributed by atoms with Gasteiger partial charge in [0.2, 0.25) is 5.91 Å². The molecule has 1 aromatic carbocycles. The van der Waals surface area contributed by atoms with E-state index in [4.69, 9.17) is 10.5 Å². The number of hydrogen-bond acceptors (Lipinski definition) is 5. The molecule has 0 radical (unpaired) electrons. The fraction of sp³-hybridized carbons (Fsp3) is 0.375. The second kappa shape index (κ2) is 8.63. The smallest absolute Gasteiger partial charge is 0.222 e. The van der Waals surface area contributed by atoms with Gasteiger partial charge in [-0.25, -0.2) is 4.98 Å². The molecule has 0 aliphatic heterocycles. The van der Waals surface area contributed by atoms with E-state index < -0.39 is 0 Å². The highest BCUT2D eigenvalue weighted by molar-refractivity contribution is 7.13. The zero-order chi connectivity index (χ0) is 15.8. The summed E-state index contributed by atoms with van der Waals surface area (Å²) < 4.78 is 5.09. The lowest BCUT2D eigenvalue weighted by atomic mass is 10.2. The predicted molar refractivity (Wildman–Crippen MR) is 88.7 cm³/mol. The third-order valence-corrected chi connectivity index (χ3v) is 4.23. The van der Waals surface area contributed by atoms with Crippen molar-refractivity contribution < 1.29 is 9.53 Å². The molecule has 1 heterocycles. The Labute approximate surface area is 134 Å². The van der Waals surface area contributed by atoms with E-state index in [-0.39, 0.29) is 12.0 Å². The third-order valence-electron chi connectivity index (χ3n) is 3.29. The van der Waals surface area contributed by atoms with Gasteiger partial charge in [-0.05, 0) is 0 Å². The maximum absolute atomic E-state index is 11.7. The third kappa shape index (κ3) is 4.91. The standard InChI is InChI=1S/C16H21N3O2S/c1-21-14(10-17)9-15(20)18-8-7-13-11-22-16(19-13)12-5-3-2-4-6-12/h2-6,11,14H,7-10,17H2,1H3,(H,18,20). The predicted octanol–water partition coefficient (Wildman–Crippen LogP) is 1.83. The minimum Gasteiger partial charge on any atom is -0.380 e. The van der Waals surface area contributed by atoms with Crippen LogP contribution in [0.2, 0.25) is 0 Å². The molecule has 0 aliphatic carbocycles. The van der Waals surface area contributed by atoms with Crippen LogP contribution in [0.5, 0.6) is 0 Å². The summed E-state index contributed by atoms with van der Waals surface area (Å²) in [5.74, 6) is -0.0455. The number of nitrogens with two attached hydrogens (primary N) is 1. The molecule has 0 bridgehead atoms. The van der Waals surface area contributed by atoms with Crippen molar-refractivity contribution in [2.45, 2.75) is 18.9 Å². The number of hydrogen-bond donors (Lipinski definition) is 2. The number of thiazole rings is 1. The first-order valence-electron chi connectivity index (χ1n) is 7.22. The van der Waals surface area contributed by atoms with Crippen LogP contribution in [0, 0.1) is 0 Å². The number of rotatable bonds is 8. The normalized spacial score (nSPS) is 12.1. The van der Waals surface area contributed by atoms with Crippen LogP contribution in [0.15, 0.2) is 35.7 Å². The Balaban J connectivity index is 1.78. The van der Waals surface area contributed by atoms with Gasteiger partial charge in [-0.15, -0.1) is 11.3 Å². The zero-order valence-electron chi connectivity index (χ0n) is 12.6. The Morgan fingerprint density at radius 3 is 2.86 bits per heavy atom. The fourth-order valence-corrected chi connectivity index (χ4v) is 2.87. The summed E-state index contributed by atoms with van der Waals surface area (Å²) in [6.45, 7) is 0.911. The summed E-state index contributed by atoms with van der Waals surface area (Å²) in [5, 5.41) is 5.91. The van der Waals surface area contributed by atoms with Crippen molar-refractivity contribution >= 4 is 17.2 Å². The van der Waals surface area contributed by atoms with Gasteiger partial charge in [0.25, 0.3) is 0 Å². The van der Waals surface area contributed by atoms with Crippen LogP contribution in [0.4, 0.5) is 0 Å². The number of carbonyl (C=O) groups excluding carboxylic acids is 1. The molecule has 0 saturated carbocycles. The second-order valence-electron chi connectivity index (χ2n) is 4.91. The van der Waals surface area contributed by atoms with Gasteiger partial charge in [0.15, 0.2) is 0 Å². The number of nitrogens with zero attached hydrogens (tertiary/aromatic N) is 1. The van der Waals surface area contributed by atoms with Crippen LogP contribution >= 0.6 is 11.3 Å². The molecule has 0 fully saturated rings. The van der Waals surface area contributed by atoms with E-state index in [1.165, 1.54) is 0 Å². The molecule has 0 aliphatic rings. The number of aromatic nitrogens is 1. The van der Waals surface area contributed by atoms with Crippen LogP contribution in [-0.4, -0.2) is 37.2 Å². The Morgan fingerprint density at radius 1 is 1.41 bits per heavy atom. The first-order valence-corrected chi connectivity index (χ1v) is 8.10. The lowest BCUT2D eigenvalue weighted by molar-refractivity contribution is -0.123. The highest BCUT2D eigenvalue weighted by Gasteiger charge is 2.11. The van der Waals surface area contributed by atoms with Crippen molar-refractivity contribution in [1.82, 2.24) is 10.3 Å². The lowest BCUT2D eigenvalue weighted by Gasteiger charge is -2.12. The van der Waals surface area contributed by atoms with Gasteiger partial charge in [0, 0.05) is 37.6 Å². The Bertz CT molecular complexity index is 582. The average Bonchev–Trinajstić information content (AvgIpc) is 3.02. The van der Waals surface area contributed by atoms with E-state index in [1.54, 1.807) is 18.4 Å². The second-order valence-corrected chi connectivity index (χ2v) is 5.77. The Morgan fingerprint density at radius 2 is 2.18 bits per heavy atom. The average molecular weight is 319 g/mol. The summed E-state index contributed by atoms with van der Waals surface area (Å²) in [6.07, 6.45) is 0.790. The lowest BCUT2D eigenvalue weighted by Crippen LogP contribution is -2.33. The maximum atomic E-state index is 11.7. The quantitative estimate of drug-likeness (QED) is 0.778. The van der Waals surface area contributed by atoms with E-state index >= 15 is 0 Å². The van der Waals surface area contributed by atoms with Crippen LogP contribution in [-0.2, 0) is 16.0 Å². The highest BCUT2D eigenvalue weighted by Crippen LogP contribution is 2.23. The number of ether oxygens (including phenoxy) is 1. The van der Waals surface area contributed by atoms with Crippen LogP contribution in [0.3, 0.4) is 0 Å². The number of methoxy groups -OCH3 is 1. The summed E-state index contributed by atoms with van der Waals surface area (Å²) in [7, 11) is 1.56. The summed E-state index contributed by atoms with van der Waals surface area (Å²) in [6, 6.07) is 10.1. The van der Waals surface area contributed by atoms with E-state index in [9.17, 15) is 4.79 Å². The Hall–Kier alpha value is -1.76. The highest BCUT2D eigenvalue weighted by atomic mass is 32.1. The van der Waals surface area contributed by atoms with E-state index in [0.29, 0.717) is 19.5 Å². The SMILES string of the molecule is COC(CN)CC(=O)NCCc1csc(-c2ccccc2)n1. The van der Waals surface area contributed by atoms with Crippen LogP contribution in [0.25, 0.3) is 10.6 Å². The summed E-state index contributed by atoms with van der Waals surface area (Å²) in [5.41, 5.74) is 7.61. The van der Waals surface area contributed by atoms with E-state index in [2.05, 4.69) is 10.3 Å². The molecular formula is C16H21N3O2S. The van der Waals surface area contributed by atoms with Crippen LogP contribution < -0.4 is 11.1 Å². The molecule has 3 N–H and O–H groups in total. The minimum absolute atomic E-state index is 0.0455. The maximum Gasteiger partial charge on any atom is 0.222 e. The first-order chi connectivity index (χ1) is 10.7. The molecule has 0 saturated heterocycles. The molecular weight excluding hydrogens is 298 g/mol. The topological polar surface area (TPSA) is 77.2 Å². The number of benzene rings is 1. The largest absolute Gasteiger partial charge is 0.380 e. The molecule has 2 rings (SSSR count). The van der Waals surface area contributed by atoms with Gasteiger partial charge in [-0.1, -0.05) is 30.3 Å². The van der Waals surface area contributed by atoms with Crippen molar-refractivity contribution in [3.63, 3.8) is 0 Å². The van der Waals surface area contributed by atoms with Gasteiger partial charge in [0.05, 0.1) is 18.2 Å². The molecule has 1 amide bonds. The van der Waals surface area contributed by atoms with Gasteiger partial charge in [0.1, 0.15) is 5.01 Å². The van der Waals surface area contributed by atoms with Gasteiger partial charge >= 0.3 is 0 Å². The summed E-state index contributed by atoms with van der Waals surface area (Å²) in [4.78, 5) is 16.3. The molecule has 1 atom stereocenters. The van der Waals surface area contributed by atoms with Crippen molar-refractivity contribution in [2.24, 2.45) is 5.73 Å². The van der Waals surface area contributed by atoms with Crippen molar-refractivity contribution in [3.8, 4) is 10.6 Å². The monoisotopic (exact) mass is 319 g/mol. The minimum atomic E-state index is -0.219. The molecule has 6 heteroatoms. The van der Waals surface area contributed by atoms with Gasteiger partial charge < -0.3 is 15.8 Å². The first kappa shape index (κ1) is 16.6. The fourth-order valence-electron chi connectivity index (χ4n) is 2.01. The van der Waals surface area contributed by atoms with E-state index in [1.807, 2.05) is 35.7 Å². The number of nitrogens with one attached hydrogen (secondary N) is 1. The van der Waals surface area contributed by atoms with Gasteiger partial charge in [-0.2, -0.15) is 0 Å². The number of carbonyl (C=O) groups is 1. The molecule has 22 heavy (non-hydrogen) atoms. The van der Waals surface area contributed by atoms with E-state index in [0.717, 1.165) is 22.7 Å². The Kier molecular flexibility index (Phi) is 6.51. The van der Waals surface area contributed by atoms with Crippen molar-refractivity contribution in [1.29, 1.82) is 0 Å². The van der Waals surface area contributed by atoms with Gasteiger partial charge in [-0.3, -0.25) is 4.79 Å². The van der Waals surface area contributed by atoms with Crippen molar-refractivity contribution in [3.05, 3.63) is 41.4 Å². The molecule has 5 nitrogen and oxygen atoms in total. The zero-order valence-corrected chi connectivity index (χ0v) is 13.4. The molecule has 1 unspecified atom stereocenters.